The van der Waals surface area contributed by atoms with Crippen LogP contribution in [0.2, 0.25) is 0 Å². The fourth-order valence-corrected chi connectivity index (χ4v) is 5.22. The third kappa shape index (κ3) is 6.01. The molecule has 128 valence electrons. The lowest BCUT2D eigenvalue weighted by molar-refractivity contribution is -0.130. The zero-order chi connectivity index (χ0) is 17.3. The first-order chi connectivity index (χ1) is 8.91. The molecule has 0 rings (SSSR count). The molecule has 0 saturated carbocycles. The Kier molecular flexibility index (Phi) is 5.79. The first-order valence-corrected chi connectivity index (χ1v) is 8.80. The summed E-state index contributed by atoms with van der Waals surface area (Å²) in [5.74, 6) is -3.01. The summed E-state index contributed by atoms with van der Waals surface area (Å²) >= 11 is 0. The Morgan fingerprint density at radius 3 is 1.10 bits per heavy atom. The van der Waals surface area contributed by atoms with Gasteiger partial charge in [-0.25, -0.2) is 16.8 Å². The fraction of sp³-hybridized carbons (Fsp3) is 1.00. The number of alkyl halides is 6. The fourth-order valence-electron chi connectivity index (χ4n) is 1.19. The molecule has 0 aliphatic carbocycles. The van der Waals surface area contributed by atoms with Crippen LogP contribution in [0.5, 0.6) is 0 Å². The summed E-state index contributed by atoms with van der Waals surface area (Å²) in [6.07, 6.45) is -13.2. The summed E-state index contributed by atoms with van der Waals surface area (Å²) in [6.45, 7) is 1.18. The average Bonchev–Trinajstić information content (AvgIpc) is 2.21. The number of hydrogen-bond donors (Lipinski definition) is 0. The molecule has 0 saturated heterocycles. The Bertz CT molecular complexity index is 506. The molecule has 0 heterocycles. The van der Waals surface area contributed by atoms with Crippen LogP contribution in [0, 0.1) is 0 Å². The van der Waals surface area contributed by atoms with Crippen LogP contribution >= 0.6 is 0 Å². The molecule has 21 heavy (non-hydrogen) atoms. The number of hydrogen-bond acceptors (Lipinski definition) is 4. The summed E-state index contributed by atoms with van der Waals surface area (Å²) in [7, 11) is -9.59. The van der Waals surface area contributed by atoms with Crippen molar-refractivity contribution in [3.8, 4) is 0 Å². The van der Waals surface area contributed by atoms with Gasteiger partial charge in [-0.05, 0) is 13.8 Å². The summed E-state index contributed by atoms with van der Waals surface area (Å²) in [6, 6.07) is 0. The second-order valence-corrected chi connectivity index (χ2v) is 10.3. The molecule has 0 aliphatic rings. The summed E-state index contributed by atoms with van der Waals surface area (Å²) in [4.78, 5) is 0. The minimum absolute atomic E-state index is 0.588. The maximum absolute atomic E-state index is 12.0. The molecule has 0 radical (unpaired) electrons. The van der Waals surface area contributed by atoms with E-state index in [1.54, 1.807) is 0 Å². The Hall–Kier alpha value is -0.520. The Labute approximate surface area is 118 Å². The van der Waals surface area contributed by atoms with Crippen molar-refractivity contribution in [2.24, 2.45) is 0 Å². The molecule has 0 aromatic heterocycles. The van der Waals surface area contributed by atoms with E-state index in [1.807, 2.05) is 0 Å². The molecular weight excluding hydrogens is 350 g/mol. The van der Waals surface area contributed by atoms with Crippen molar-refractivity contribution in [1.82, 2.24) is 0 Å². The number of halogens is 6. The molecule has 0 aliphatic heterocycles. The predicted molar refractivity (Wildman–Crippen MR) is 63.0 cm³/mol. The Balaban J connectivity index is 5.26. The third-order valence-corrected chi connectivity index (χ3v) is 8.81. The molecule has 0 aromatic rings. The van der Waals surface area contributed by atoms with Crippen LogP contribution in [0.3, 0.4) is 0 Å². The van der Waals surface area contributed by atoms with Crippen molar-refractivity contribution in [3.63, 3.8) is 0 Å². The van der Waals surface area contributed by atoms with Crippen LogP contribution in [0.25, 0.3) is 0 Å². The molecule has 0 spiro atoms. The minimum Gasteiger partial charge on any atom is -0.227 e. The highest BCUT2D eigenvalue weighted by molar-refractivity contribution is 8.10. The van der Waals surface area contributed by atoms with E-state index < -0.39 is 60.5 Å². The topological polar surface area (TPSA) is 68.3 Å². The van der Waals surface area contributed by atoms with Crippen LogP contribution in [-0.2, 0) is 19.7 Å². The van der Waals surface area contributed by atoms with Gasteiger partial charge < -0.3 is 0 Å². The average molecular weight is 364 g/mol. The molecule has 0 N–H and O–H groups in total. The van der Waals surface area contributed by atoms with Crippen molar-refractivity contribution in [2.75, 3.05) is 11.5 Å². The highest BCUT2D eigenvalue weighted by atomic mass is 32.3. The SMILES string of the molecule is CC(C)(S(=O)(=O)CCC(F)(F)F)S(=O)(=O)CCC(F)(F)F. The number of sulfone groups is 2. The van der Waals surface area contributed by atoms with Gasteiger partial charge in [0, 0.05) is 0 Å². The highest BCUT2D eigenvalue weighted by Crippen LogP contribution is 2.31. The lowest BCUT2D eigenvalue weighted by Crippen LogP contribution is -2.44. The smallest absolute Gasteiger partial charge is 0.227 e. The second kappa shape index (κ2) is 5.94. The van der Waals surface area contributed by atoms with Crippen molar-refractivity contribution in [3.05, 3.63) is 0 Å². The molecule has 0 fully saturated rings. The first-order valence-electron chi connectivity index (χ1n) is 5.49. The van der Waals surface area contributed by atoms with Crippen molar-refractivity contribution in [1.29, 1.82) is 0 Å². The van der Waals surface area contributed by atoms with E-state index in [2.05, 4.69) is 0 Å². The Morgan fingerprint density at radius 2 is 0.905 bits per heavy atom. The Morgan fingerprint density at radius 1 is 0.667 bits per heavy atom. The van der Waals surface area contributed by atoms with Gasteiger partial charge >= 0.3 is 12.4 Å². The van der Waals surface area contributed by atoms with Gasteiger partial charge in [0.15, 0.2) is 23.8 Å². The first kappa shape index (κ1) is 20.5. The summed E-state index contributed by atoms with van der Waals surface area (Å²) in [5, 5.41) is 0. The lowest BCUT2D eigenvalue weighted by Gasteiger charge is -2.25. The summed E-state index contributed by atoms with van der Waals surface area (Å²) in [5.41, 5.74) is 0. The molecule has 4 nitrogen and oxygen atoms in total. The maximum Gasteiger partial charge on any atom is 0.390 e. The second-order valence-electron chi connectivity index (χ2n) is 4.77. The monoisotopic (exact) mass is 364 g/mol. The van der Waals surface area contributed by atoms with Crippen LogP contribution in [0.15, 0.2) is 0 Å². The lowest BCUT2D eigenvalue weighted by atomic mass is 10.5. The van der Waals surface area contributed by atoms with E-state index in [4.69, 9.17) is 0 Å². The van der Waals surface area contributed by atoms with Gasteiger partial charge in [0.2, 0.25) is 0 Å². The molecule has 0 amide bonds. The van der Waals surface area contributed by atoms with E-state index in [1.165, 1.54) is 0 Å². The van der Waals surface area contributed by atoms with Crippen LogP contribution < -0.4 is 0 Å². The molecule has 0 aromatic carbocycles. The third-order valence-electron chi connectivity index (χ3n) is 2.81. The van der Waals surface area contributed by atoms with Gasteiger partial charge in [0.05, 0.1) is 24.3 Å². The summed E-state index contributed by atoms with van der Waals surface area (Å²) < 4.78 is 116. The van der Waals surface area contributed by atoms with Gasteiger partial charge in [0.1, 0.15) is 0 Å². The van der Waals surface area contributed by atoms with Crippen LogP contribution in [0.4, 0.5) is 26.3 Å². The van der Waals surface area contributed by atoms with E-state index in [0.29, 0.717) is 13.8 Å². The standard InChI is InChI=1S/C9H14F6O4S2/c1-7(2,20(16,17)5-3-8(10,11)12)21(18,19)6-4-9(13,14)15/h3-6H2,1-2H3. The number of rotatable bonds is 6. The zero-order valence-corrected chi connectivity index (χ0v) is 12.7. The minimum atomic E-state index is -4.82. The normalized spacial score (nSPS) is 15.2. The van der Waals surface area contributed by atoms with Crippen LogP contribution in [-0.4, -0.2) is 44.8 Å². The molecule has 0 unspecified atom stereocenters. The van der Waals surface area contributed by atoms with E-state index in [9.17, 15) is 43.2 Å². The highest BCUT2D eigenvalue weighted by Gasteiger charge is 2.48. The zero-order valence-electron chi connectivity index (χ0n) is 11.0. The van der Waals surface area contributed by atoms with E-state index >= 15 is 0 Å². The molecule has 0 atom stereocenters. The van der Waals surface area contributed by atoms with Gasteiger partial charge in [-0.3, -0.25) is 0 Å². The molecular formula is C9H14F6O4S2. The predicted octanol–water partition coefficient (Wildman–Crippen LogP) is 2.46. The van der Waals surface area contributed by atoms with Gasteiger partial charge in [-0.15, -0.1) is 0 Å². The van der Waals surface area contributed by atoms with Crippen molar-refractivity contribution >= 4 is 19.7 Å². The molecule has 0 bridgehead atoms. The maximum atomic E-state index is 12.0. The van der Waals surface area contributed by atoms with Gasteiger partial charge in [-0.1, -0.05) is 0 Å². The van der Waals surface area contributed by atoms with Crippen molar-refractivity contribution in [2.45, 2.75) is 43.1 Å². The van der Waals surface area contributed by atoms with Crippen LogP contribution in [0.1, 0.15) is 26.7 Å². The quantitative estimate of drug-likeness (QED) is 0.679. The molecule has 12 heteroatoms. The van der Waals surface area contributed by atoms with Gasteiger partial charge in [-0.2, -0.15) is 26.3 Å². The van der Waals surface area contributed by atoms with E-state index in [0.717, 1.165) is 0 Å². The van der Waals surface area contributed by atoms with Gasteiger partial charge in [0.25, 0.3) is 0 Å². The largest absolute Gasteiger partial charge is 0.390 e. The van der Waals surface area contributed by atoms with Crippen molar-refractivity contribution < 1.29 is 43.2 Å². The van der Waals surface area contributed by atoms with E-state index in [-0.39, 0.29) is 0 Å².